The quantitative estimate of drug-likeness (QED) is 0.652. The molecule has 0 bridgehead atoms. The molecule has 3 rings (SSSR count). The second kappa shape index (κ2) is 8.77. The van der Waals surface area contributed by atoms with Crippen LogP contribution in [-0.4, -0.2) is 45.9 Å². The van der Waals surface area contributed by atoms with E-state index in [0.29, 0.717) is 29.8 Å². The van der Waals surface area contributed by atoms with E-state index in [4.69, 9.17) is 0 Å². The van der Waals surface area contributed by atoms with Gasteiger partial charge in [0.1, 0.15) is 5.82 Å². The number of imide groups is 1. The minimum atomic E-state index is -0.449. The fraction of sp³-hybridized carbons (Fsp3) is 0.474. The number of carbonyl (C=O) groups excluding carboxylic acids is 2. The Kier molecular flexibility index (Phi) is 6.18. The van der Waals surface area contributed by atoms with Gasteiger partial charge >= 0.3 is 6.03 Å². The maximum Gasteiger partial charge on any atom is 0.321 e. The second-order valence-corrected chi connectivity index (χ2v) is 6.89. The lowest BCUT2D eigenvalue weighted by molar-refractivity contribution is -0.121. The van der Waals surface area contributed by atoms with Crippen LogP contribution < -0.4 is 16.2 Å². The number of urea groups is 1. The summed E-state index contributed by atoms with van der Waals surface area (Å²) in [7, 11) is 0. The van der Waals surface area contributed by atoms with Crippen molar-refractivity contribution < 1.29 is 9.59 Å². The molecule has 0 atom stereocenters. The SMILES string of the molecule is CCCCN(CC(=O)NC(=O)NC1CC1)Cc1nc2ccccc2c(=O)[nH]1. The molecule has 8 heteroatoms. The van der Waals surface area contributed by atoms with E-state index in [0.717, 1.165) is 25.7 Å². The van der Waals surface area contributed by atoms with E-state index in [2.05, 4.69) is 27.5 Å². The van der Waals surface area contributed by atoms with Crippen LogP contribution in [0.15, 0.2) is 29.1 Å². The Morgan fingerprint density at radius 3 is 2.81 bits per heavy atom. The minimum absolute atomic E-state index is 0.0641. The van der Waals surface area contributed by atoms with E-state index in [1.807, 2.05) is 11.0 Å². The van der Waals surface area contributed by atoms with Gasteiger partial charge in [0, 0.05) is 6.04 Å². The van der Waals surface area contributed by atoms with E-state index in [9.17, 15) is 14.4 Å². The number of carbonyl (C=O) groups is 2. The standard InChI is InChI=1S/C19H25N5O3/c1-2-3-10-24(12-17(25)23-19(27)20-13-8-9-13)11-16-21-15-7-5-4-6-14(15)18(26)22-16/h4-7,13H,2-3,8-12H2,1H3,(H,21,22,26)(H2,20,23,25,27). The van der Waals surface area contributed by atoms with Crippen LogP contribution in [-0.2, 0) is 11.3 Å². The molecule has 2 aromatic rings. The van der Waals surface area contributed by atoms with Gasteiger partial charge in [-0.3, -0.25) is 19.8 Å². The fourth-order valence-electron chi connectivity index (χ4n) is 2.84. The van der Waals surface area contributed by atoms with Gasteiger partial charge in [0.15, 0.2) is 0 Å². The fourth-order valence-corrected chi connectivity index (χ4v) is 2.84. The Balaban J connectivity index is 1.66. The molecule has 0 spiro atoms. The Hall–Kier alpha value is -2.74. The molecular formula is C19H25N5O3. The number of para-hydroxylation sites is 1. The number of hydrogen-bond acceptors (Lipinski definition) is 5. The first-order chi connectivity index (χ1) is 13.0. The van der Waals surface area contributed by atoms with Crippen LogP contribution in [0.4, 0.5) is 4.79 Å². The average molecular weight is 371 g/mol. The number of amides is 3. The monoisotopic (exact) mass is 371 g/mol. The number of nitrogens with zero attached hydrogens (tertiary/aromatic N) is 2. The maximum atomic E-state index is 12.2. The van der Waals surface area contributed by atoms with Crippen molar-refractivity contribution in [3.05, 3.63) is 40.4 Å². The van der Waals surface area contributed by atoms with Gasteiger partial charge in [-0.1, -0.05) is 25.5 Å². The highest BCUT2D eigenvalue weighted by Crippen LogP contribution is 2.18. The molecule has 144 valence electrons. The number of fused-ring (bicyclic) bond motifs is 1. The number of aromatic nitrogens is 2. The third-order valence-electron chi connectivity index (χ3n) is 4.40. The molecule has 3 N–H and O–H groups in total. The number of H-pyrrole nitrogens is 1. The van der Waals surface area contributed by atoms with Crippen molar-refractivity contribution in [1.29, 1.82) is 0 Å². The molecule has 1 saturated carbocycles. The van der Waals surface area contributed by atoms with E-state index >= 15 is 0 Å². The van der Waals surface area contributed by atoms with Crippen molar-refractivity contribution in [3.8, 4) is 0 Å². The predicted octanol–water partition coefficient (Wildman–Crippen LogP) is 1.51. The Bertz CT molecular complexity index is 875. The van der Waals surface area contributed by atoms with Gasteiger partial charge in [0.25, 0.3) is 5.56 Å². The first kappa shape index (κ1) is 19.0. The molecule has 1 aliphatic rings. The topological polar surface area (TPSA) is 107 Å². The molecule has 0 saturated heterocycles. The molecule has 8 nitrogen and oxygen atoms in total. The summed E-state index contributed by atoms with van der Waals surface area (Å²) in [6, 6.07) is 6.89. The lowest BCUT2D eigenvalue weighted by Gasteiger charge is -2.21. The summed E-state index contributed by atoms with van der Waals surface area (Å²) in [6.07, 6.45) is 3.80. The van der Waals surface area contributed by atoms with Crippen LogP contribution in [0.25, 0.3) is 10.9 Å². The van der Waals surface area contributed by atoms with Gasteiger partial charge < -0.3 is 10.3 Å². The number of benzene rings is 1. The van der Waals surface area contributed by atoms with Crippen molar-refractivity contribution in [2.45, 2.75) is 45.2 Å². The van der Waals surface area contributed by atoms with Crippen LogP contribution in [0, 0.1) is 0 Å². The number of aromatic amines is 1. The molecule has 1 fully saturated rings. The molecule has 1 aromatic carbocycles. The predicted molar refractivity (Wildman–Crippen MR) is 102 cm³/mol. The Morgan fingerprint density at radius 2 is 2.07 bits per heavy atom. The Morgan fingerprint density at radius 1 is 1.30 bits per heavy atom. The van der Waals surface area contributed by atoms with E-state index in [-0.39, 0.29) is 24.1 Å². The van der Waals surface area contributed by atoms with Crippen molar-refractivity contribution in [1.82, 2.24) is 25.5 Å². The van der Waals surface area contributed by atoms with Gasteiger partial charge in [-0.05, 0) is 37.9 Å². The summed E-state index contributed by atoms with van der Waals surface area (Å²) in [5.74, 6) is 0.137. The molecule has 27 heavy (non-hydrogen) atoms. The van der Waals surface area contributed by atoms with Gasteiger partial charge in [0.2, 0.25) is 5.91 Å². The summed E-state index contributed by atoms with van der Waals surface area (Å²) in [6.45, 7) is 3.13. The van der Waals surface area contributed by atoms with Crippen LogP contribution in [0.2, 0.25) is 0 Å². The zero-order valence-corrected chi connectivity index (χ0v) is 15.5. The summed E-state index contributed by atoms with van der Waals surface area (Å²) >= 11 is 0. The van der Waals surface area contributed by atoms with Crippen molar-refractivity contribution in [3.63, 3.8) is 0 Å². The zero-order valence-electron chi connectivity index (χ0n) is 15.5. The summed E-state index contributed by atoms with van der Waals surface area (Å²) in [5, 5.41) is 5.63. The highest BCUT2D eigenvalue weighted by atomic mass is 16.2. The van der Waals surface area contributed by atoms with Crippen LogP contribution in [0.1, 0.15) is 38.4 Å². The molecule has 1 heterocycles. The summed E-state index contributed by atoms with van der Waals surface area (Å²) in [5.41, 5.74) is 0.430. The smallest absolute Gasteiger partial charge is 0.321 e. The molecule has 0 radical (unpaired) electrons. The average Bonchev–Trinajstić information content (AvgIpc) is 3.43. The van der Waals surface area contributed by atoms with E-state index in [1.54, 1.807) is 18.2 Å². The highest BCUT2D eigenvalue weighted by molar-refractivity contribution is 5.95. The number of nitrogens with one attached hydrogen (secondary N) is 3. The normalized spacial score (nSPS) is 13.7. The van der Waals surface area contributed by atoms with Gasteiger partial charge in [-0.25, -0.2) is 9.78 Å². The lowest BCUT2D eigenvalue weighted by atomic mass is 10.2. The highest BCUT2D eigenvalue weighted by Gasteiger charge is 2.24. The van der Waals surface area contributed by atoms with Gasteiger partial charge in [-0.2, -0.15) is 0 Å². The zero-order chi connectivity index (χ0) is 19.2. The Labute approximate surface area is 157 Å². The largest absolute Gasteiger partial charge is 0.335 e. The molecule has 3 amide bonds. The summed E-state index contributed by atoms with van der Waals surface area (Å²) < 4.78 is 0. The number of unbranched alkanes of at least 4 members (excludes halogenated alkanes) is 1. The van der Waals surface area contributed by atoms with Crippen LogP contribution in [0.5, 0.6) is 0 Å². The third kappa shape index (κ3) is 5.62. The molecular weight excluding hydrogens is 346 g/mol. The molecule has 1 aliphatic carbocycles. The molecule has 0 unspecified atom stereocenters. The lowest BCUT2D eigenvalue weighted by Crippen LogP contribution is -2.45. The van der Waals surface area contributed by atoms with Gasteiger partial charge in [-0.15, -0.1) is 0 Å². The van der Waals surface area contributed by atoms with Crippen molar-refractivity contribution in [2.24, 2.45) is 0 Å². The van der Waals surface area contributed by atoms with Gasteiger partial charge in [0.05, 0.1) is 24.0 Å². The van der Waals surface area contributed by atoms with Crippen molar-refractivity contribution >= 4 is 22.8 Å². The first-order valence-corrected chi connectivity index (χ1v) is 9.36. The van der Waals surface area contributed by atoms with Crippen molar-refractivity contribution in [2.75, 3.05) is 13.1 Å². The third-order valence-corrected chi connectivity index (χ3v) is 4.40. The number of rotatable bonds is 8. The maximum absolute atomic E-state index is 12.2. The van der Waals surface area contributed by atoms with E-state index < -0.39 is 6.03 Å². The molecule has 0 aliphatic heterocycles. The number of hydrogen-bond donors (Lipinski definition) is 3. The van der Waals surface area contributed by atoms with E-state index in [1.165, 1.54) is 0 Å². The molecule has 1 aromatic heterocycles. The minimum Gasteiger partial charge on any atom is -0.335 e. The van der Waals surface area contributed by atoms with Crippen LogP contribution in [0.3, 0.4) is 0 Å². The first-order valence-electron chi connectivity index (χ1n) is 9.36. The summed E-state index contributed by atoms with van der Waals surface area (Å²) in [4.78, 5) is 45.3. The second-order valence-electron chi connectivity index (χ2n) is 6.89. The van der Waals surface area contributed by atoms with Crippen LogP contribution >= 0.6 is 0 Å².